The summed E-state index contributed by atoms with van der Waals surface area (Å²) in [7, 11) is 1.54. The van der Waals surface area contributed by atoms with E-state index in [2.05, 4.69) is 61.2 Å². The van der Waals surface area contributed by atoms with Gasteiger partial charge in [0.25, 0.3) is 5.91 Å². The third-order valence-corrected chi connectivity index (χ3v) is 12.8. The zero-order valence-electron chi connectivity index (χ0n) is 32.7. The van der Waals surface area contributed by atoms with Crippen molar-refractivity contribution in [3.63, 3.8) is 0 Å². The van der Waals surface area contributed by atoms with Gasteiger partial charge in [-0.05, 0) is 86.9 Å². The van der Waals surface area contributed by atoms with Gasteiger partial charge in [0.05, 0.1) is 16.2 Å². The molecule has 8 rings (SSSR count). The number of likely N-dealkylation sites (tertiary alicyclic amines) is 1. The fourth-order valence-corrected chi connectivity index (χ4v) is 9.45. The molecule has 0 radical (unpaired) electrons. The van der Waals surface area contributed by atoms with Crippen LogP contribution in [0.2, 0.25) is 5.02 Å². The fraction of sp³-hybridized carbons (Fsp3) is 0.341. The molecule has 0 spiro atoms. The number of piperidine rings is 1. The van der Waals surface area contributed by atoms with Crippen molar-refractivity contribution in [3.05, 3.63) is 121 Å². The highest BCUT2D eigenvalue weighted by Crippen LogP contribution is 2.39. The number of aromatic nitrogens is 3. The Kier molecular flexibility index (Phi) is 11.0. The Bertz CT molecular complexity index is 2480. The largest absolute Gasteiger partial charge is 0.374 e. The first-order valence-electron chi connectivity index (χ1n) is 19.4. The van der Waals surface area contributed by atoms with Crippen LogP contribution in [0.5, 0.6) is 0 Å². The maximum Gasteiger partial charge on any atom is 0.255 e. The number of hydrogen-bond acceptors (Lipinski definition) is 10. The van der Waals surface area contributed by atoms with Crippen LogP contribution in [0.15, 0.2) is 71.4 Å². The SMILES string of the molecule is Cc1c(C#CC2C=CC(CN3CC(CCc4cccc(C(=O)N(C)C5CCC(=O)NC5=O)c4C=O)C3)=CN2)sc2c1C(c1ccc(Cl)cc1)=N[C@@H](C)c1nnc(C)n1-2. The van der Waals surface area contributed by atoms with Crippen LogP contribution in [-0.4, -0.2) is 93.0 Å². The molecule has 2 unspecified atom stereocenters. The van der Waals surface area contributed by atoms with Crippen molar-refractivity contribution >= 4 is 52.7 Å². The second-order valence-corrected chi connectivity index (χ2v) is 16.7. The molecule has 4 aliphatic heterocycles. The number of aryl methyl sites for hydroxylation is 2. The van der Waals surface area contributed by atoms with E-state index in [-0.39, 0.29) is 36.4 Å². The van der Waals surface area contributed by atoms with Crippen LogP contribution >= 0.6 is 22.9 Å². The molecule has 3 amide bonds. The molecule has 2 aromatic heterocycles. The number of imide groups is 1. The van der Waals surface area contributed by atoms with Gasteiger partial charge in [0, 0.05) is 61.0 Å². The number of rotatable bonds is 9. The smallest absolute Gasteiger partial charge is 0.255 e. The van der Waals surface area contributed by atoms with Gasteiger partial charge in [-0.15, -0.1) is 21.5 Å². The van der Waals surface area contributed by atoms with Crippen molar-refractivity contribution in [1.82, 2.24) is 35.2 Å². The lowest BCUT2D eigenvalue weighted by Gasteiger charge is -2.40. The second kappa shape index (κ2) is 16.3. The van der Waals surface area contributed by atoms with E-state index < -0.39 is 17.9 Å². The number of carbonyl (C=O) groups is 4. The van der Waals surface area contributed by atoms with Gasteiger partial charge in [-0.1, -0.05) is 53.8 Å². The minimum absolute atomic E-state index is 0.135. The van der Waals surface area contributed by atoms with E-state index in [1.807, 2.05) is 50.4 Å². The zero-order valence-corrected chi connectivity index (χ0v) is 34.3. The van der Waals surface area contributed by atoms with E-state index in [1.165, 1.54) is 17.5 Å². The number of carbonyl (C=O) groups excluding carboxylic acids is 4. The van der Waals surface area contributed by atoms with Gasteiger partial charge >= 0.3 is 0 Å². The van der Waals surface area contributed by atoms with E-state index in [0.717, 1.165) is 81.8 Å². The number of dihydropyridines is 1. The molecule has 14 heteroatoms. The van der Waals surface area contributed by atoms with E-state index >= 15 is 0 Å². The molecule has 4 aliphatic rings. The predicted molar refractivity (Wildman–Crippen MR) is 224 cm³/mol. The van der Waals surface area contributed by atoms with Crippen molar-refractivity contribution in [2.24, 2.45) is 10.9 Å². The second-order valence-electron chi connectivity index (χ2n) is 15.3. The lowest BCUT2D eigenvalue weighted by atomic mass is 9.89. The first-order valence-corrected chi connectivity index (χ1v) is 20.6. The Hall–Kier alpha value is -5.68. The van der Waals surface area contributed by atoms with Crippen LogP contribution in [0.1, 0.15) is 91.7 Å². The van der Waals surface area contributed by atoms with E-state index in [1.54, 1.807) is 23.5 Å². The monoisotopic (exact) mass is 814 g/mol. The van der Waals surface area contributed by atoms with Crippen LogP contribution in [0.3, 0.4) is 0 Å². The number of amides is 3. The average molecular weight is 815 g/mol. The lowest BCUT2D eigenvalue weighted by Crippen LogP contribution is -2.53. The lowest BCUT2D eigenvalue weighted by molar-refractivity contribution is -0.136. The van der Waals surface area contributed by atoms with Crippen LogP contribution < -0.4 is 10.6 Å². The van der Waals surface area contributed by atoms with Gasteiger partial charge in [0.15, 0.2) is 12.1 Å². The summed E-state index contributed by atoms with van der Waals surface area (Å²) in [6, 6.07) is 12.0. The van der Waals surface area contributed by atoms with Gasteiger partial charge in [-0.2, -0.15) is 0 Å². The minimum atomic E-state index is -0.756. The van der Waals surface area contributed by atoms with E-state index in [4.69, 9.17) is 16.6 Å². The Morgan fingerprint density at radius 1 is 1.12 bits per heavy atom. The molecule has 12 nitrogen and oxygen atoms in total. The summed E-state index contributed by atoms with van der Waals surface area (Å²) >= 11 is 7.87. The van der Waals surface area contributed by atoms with Crippen molar-refractivity contribution in [3.8, 4) is 16.8 Å². The van der Waals surface area contributed by atoms with Gasteiger partial charge in [0.1, 0.15) is 29.0 Å². The van der Waals surface area contributed by atoms with Gasteiger partial charge in [-0.3, -0.25) is 39.0 Å². The topological polar surface area (TPSA) is 142 Å². The average Bonchev–Trinajstić information content (AvgIpc) is 3.71. The van der Waals surface area contributed by atoms with E-state index in [0.29, 0.717) is 22.9 Å². The molecule has 296 valence electrons. The summed E-state index contributed by atoms with van der Waals surface area (Å²) in [6.45, 7) is 8.81. The Balaban J connectivity index is 0.870. The number of aliphatic imine (C=N–C) groups is 1. The fourth-order valence-electron chi connectivity index (χ4n) is 8.09. The molecule has 2 fully saturated rings. The number of nitrogens with one attached hydrogen (secondary N) is 2. The van der Waals surface area contributed by atoms with Gasteiger partial charge in [-0.25, -0.2) is 0 Å². The minimum Gasteiger partial charge on any atom is -0.374 e. The molecule has 2 saturated heterocycles. The standard InChI is InChI=1S/C44H43ClN8O4S/c1-25-37(58-44-39(25)40(31-11-13-32(45)14-12-31)47-26(2)41-50-49-27(3)53(41)44)18-16-33-15-9-28(20-46-33)21-52-22-29(23-52)8-10-30-6-5-7-34(35(30)24-54)43(57)51(4)36-17-19-38(55)48-42(36)56/h5-7,9,11-15,20,24,26,29,33,36,46H,8,10,17,19,21-23H2,1-4H3,(H,48,55,56)/t26-,33?,36?/m0/s1. The Morgan fingerprint density at radius 3 is 2.64 bits per heavy atom. The summed E-state index contributed by atoms with van der Waals surface area (Å²) in [5.74, 6) is 7.72. The van der Waals surface area contributed by atoms with Crippen LogP contribution in [0.4, 0.5) is 0 Å². The maximum absolute atomic E-state index is 13.4. The molecular formula is C44H43ClN8O4S. The Morgan fingerprint density at radius 2 is 1.91 bits per heavy atom. The maximum atomic E-state index is 13.4. The zero-order chi connectivity index (χ0) is 40.7. The molecule has 2 aromatic carbocycles. The van der Waals surface area contributed by atoms with E-state index in [9.17, 15) is 19.2 Å². The van der Waals surface area contributed by atoms with Crippen LogP contribution in [0, 0.1) is 31.6 Å². The first kappa shape index (κ1) is 39.2. The molecule has 0 bridgehead atoms. The quantitative estimate of drug-likeness (QED) is 0.128. The van der Waals surface area contributed by atoms with Gasteiger partial charge in [0.2, 0.25) is 11.8 Å². The van der Waals surface area contributed by atoms with Crippen molar-refractivity contribution < 1.29 is 19.2 Å². The highest BCUT2D eigenvalue weighted by Gasteiger charge is 2.34. The first-order chi connectivity index (χ1) is 28.0. The van der Waals surface area contributed by atoms with Crippen molar-refractivity contribution in [1.29, 1.82) is 0 Å². The number of likely N-dealkylation sites (N-methyl/N-ethyl adjacent to an activating group) is 1. The predicted octanol–water partition coefficient (Wildman–Crippen LogP) is 5.53. The number of fused-ring (bicyclic) bond motifs is 3. The molecule has 4 aromatic rings. The molecule has 2 N–H and O–H groups in total. The molecular weight excluding hydrogens is 772 g/mol. The van der Waals surface area contributed by atoms with Crippen molar-refractivity contribution in [2.45, 2.75) is 64.6 Å². The molecule has 0 saturated carbocycles. The number of benzene rings is 2. The molecule has 0 aliphatic carbocycles. The number of hydrogen-bond donors (Lipinski definition) is 2. The number of aldehydes is 1. The van der Waals surface area contributed by atoms with Crippen LogP contribution in [-0.2, 0) is 16.0 Å². The number of halogens is 1. The van der Waals surface area contributed by atoms with Crippen molar-refractivity contribution in [2.75, 3.05) is 26.7 Å². The third kappa shape index (κ3) is 7.67. The molecule has 58 heavy (non-hydrogen) atoms. The summed E-state index contributed by atoms with van der Waals surface area (Å²) < 4.78 is 2.11. The summed E-state index contributed by atoms with van der Waals surface area (Å²) in [5.41, 5.74) is 6.62. The highest BCUT2D eigenvalue weighted by atomic mass is 35.5. The third-order valence-electron chi connectivity index (χ3n) is 11.3. The molecule has 6 heterocycles. The number of nitrogens with zero attached hydrogens (tertiary/aromatic N) is 6. The molecule has 3 atom stereocenters. The van der Waals surface area contributed by atoms with Gasteiger partial charge < -0.3 is 10.2 Å². The highest BCUT2D eigenvalue weighted by molar-refractivity contribution is 7.15. The Labute approximate surface area is 346 Å². The summed E-state index contributed by atoms with van der Waals surface area (Å²) in [5, 5.41) is 16.3. The van der Waals surface area contributed by atoms with Crippen LogP contribution in [0.25, 0.3) is 5.00 Å². The number of thiophene rings is 1. The normalized spacial score (nSPS) is 20.3. The summed E-state index contributed by atoms with van der Waals surface area (Å²) in [6.07, 6.45) is 9.01. The summed E-state index contributed by atoms with van der Waals surface area (Å²) in [4.78, 5) is 59.4.